The molecule has 1 heterocycles. The molecule has 4 aromatic carbocycles. The molecule has 5 rings (SSSR count). The first kappa shape index (κ1) is 21.2. The van der Waals surface area contributed by atoms with Crippen LogP contribution in [0.15, 0.2) is 113 Å². The third kappa shape index (κ3) is 4.89. The van der Waals surface area contributed by atoms with Crippen LogP contribution in [0.2, 0.25) is 5.02 Å². The Hall–Kier alpha value is -3.69. The van der Waals surface area contributed by atoms with Crippen molar-refractivity contribution in [1.29, 1.82) is 0 Å². The molecule has 1 unspecified atom stereocenters. The number of hydrogen-bond donors (Lipinski definition) is 0. The molecule has 33 heavy (non-hydrogen) atoms. The van der Waals surface area contributed by atoms with Gasteiger partial charge in [-0.2, -0.15) is 5.10 Å². The van der Waals surface area contributed by atoms with Gasteiger partial charge in [0.15, 0.2) is 0 Å². The quantitative estimate of drug-likeness (QED) is 0.286. The zero-order valence-corrected chi connectivity index (χ0v) is 19.2. The molecule has 0 fully saturated rings. The normalized spacial score (nSPS) is 15.8. The lowest BCUT2D eigenvalue weighted by molar-refractivity contribution is 0.709. The minimum atomic E-state index is 0.143. The largest absolute Gasteiger partial charge is 0.257 e. The first-order valence-corrected chi connectivity index (χ1v) is 11.4. The van der Waals surface area contributed by atoms with Gasteiger partial charge in [0, 0.05) is 17.7 Å². The Morgan fingerprint density at radius 1 is 0.848 bits per heavy atom. The van der Waals surface area contributed by atoms with Crippen molar-refractivity contribution in [2.24, 2.45) is 10.1 Å². The zero-order valence-electron chi connectivity index (χ0n) is 18.4. The van der Waals surface area contributed by atoms with E-state index in [1.807, 2.05) is 48.7 Å². The van der Waals surface area contributed by atoms with Crippen molar-refractivity contribution >= 4 is 34.9 Å². The highest BCUT2D eigenvalue weighted by Gasteiger charge is 2.29. The topological polar surface area (TPSA) is 28.0 Å². The average molecular weight is 450 g/mol. The molecule has 0 bridgehead atoms. The summed E-state index contributed by atoms with van der Waals surface area (Å²) in [5.41, 5.74) is 7.70. The average Bonchev–Trinajstić information content (AvgIpc) is 3.30. The van der Waals surface area contributed by atoms with Crippen molar-refractivity contribution < 1.29 is 0 Å². The van der Waals surface area contributed by atoms with Crippen LogP contribution >= 0.6 is 11.6 Å². The lowest BCUT2D eigenvalue weighted by atomic mass is 9.98. The minimum absolute atomic E-state index is 0.143. The van der Waals surface area contributed by atoms with Gasteiger partial charge in [0.25, 0.3) is 0 Å². The van der Waals surface area contributed by atoms with E-state index in [2.05, 4.69) is 77.6 Å². The maximum absolute atomic E-state index is 6.09. The van der Waals surface area contributed by atoms with Crippen LogP contribution in [0.5, 0.6) is 0 Å². The van der Waals surface area contributed by atoms with E-state index in [1.54, 1.807) is 0 Å². The fourth-order valence-electron chi connectivity index (χ4n) is 3.99. The summed E-state index contributed by atoms with van der Waals surface area (Å²) < 4.78 is 0. The maximum Gasteiger partial charge on any atom is 0.0831 e. The maximum atomic E-state index is 6.09. The van der Waals surface area contributed by atoms with E-state index in [9.17, 15) is 0 Å². The molecule has 0 aliphatic carbocycles. The first-order valence-electron chi connectivity index (χ1n) is 11.0. The van der Waals surface area contributed by atoms with Crippen molar-refractivity contribution in [3.63, 3.8) is 0 Å². The molecule has 1 atom stereocenters. The number of halogens is 1. The van der Waals surface area contributed by atoms with Crippen LogP contribution in [0.3, 0.4) is 0 Å². The Labute approximate surface area is 199 Å². The molecule has 4 heteroatoms. The van der Waals surface area contributed by atoms with Gasteiger partial charge < -0.3 is 0 Å². The predicted molar refractivity (Wildman–Crippen MR) is 139 cm³/mol. The number of aliphatic imine (C=N–C) groups is 1. The Balaban J connectivity index is 1.42. The Morgan fingerprint density at radius 3 is 2.24 bits per heavy atom. The Bertz CT molecular complexity index is 1280. The van der Waals surface area contributed by atoms with Crippen LogP contribution in [0.4, 0.5) is 11.4 Å². The standard InChI is InChI=1S/C29H24ClN3/c1-21-7-15-26(16-8-21)31-20-22-9-17-27(18-10-22)33-29(24-5-3-2-4-6-24)19-28(32-33)23-11-13-25(30)14-12-23/h2-18,20,29H,19H2,1H3. The number of anilines is 1. The van der Waals surface area contributed by atoms with Gasteiger partial charge in [-0.15, -0.1) is 0 Å². The SMILES string of the molecule is Cc1ccc(N=Cc2ccc(N3N=C(c4ccc(Cl)cc4)CC3c3ccccc3)cc2)cc1. The van der Waals surface area contributed by atoms with Crippen LogP contribution < -0.4 is 5.01 Å². The van der Waals surface area contributed by atoms with Crippen molar-refractivity contribution in [3.05, 3.63) is 130 Å². The highest BCUT2D eigenvalue weighted by molar-refractivity contribution is 6.30. The van der Waals surface area contributed by atoms with Gasteiger partial charge >= 0.3 is 0 Å². The monoisotopic (exact) mass is 449 g/mol. The van der Waals surface area contributed by atoms with Crippen LogP contribution in [-0.2, 0) is 0 Å². The van der Waals surface area contributed by atoms with E-state index in [0.29, 0.717) is 0 Å². The number of aryl methyl sites for hydroxylation is 1. The van der Waals surface area contributed by atoms with Gasteiger partial charge in [-0.1, -0.05) is 83.9 Å². The molecule has 1 aliphatic rings. The van der Waals surface area contributed by atoms with E-state index < -0.39 is 0 Å². The highest BCUT2D eigenvalue weighted by Crippen LogP contribution is 2.36. The second-order valence-corrected chi connectivity index (χ2v) is 8.65. The first-order chi connectivity index (χ1) is 16.2. The molecule has 0 spiro atoms. The van der Waals surface area contributed by atoms with Crippen molar-refractivity contribution in [3.8, 4) is 0 Å². The summed E-state index contributed by atoms with van der Waals surface area (Å²) in [7, 11) is 0. The van der Waals surface area contributed by atoms with Crippen molar-refractivity contribution in [1.82, 2.24) is 0 Å². The lowest BCUT2D eigenvalue weighted by Gasteiger charge is -2.24. The highest BCUT2D eigenvalue weighted by atomic mass is 35.5. The van der Waals surface area contributed by atoms with Gasteiger partial charge in [-0.3, -0.25) is 10.0 Å². The van der Waals surface area contributed by atoms with Crippen LogP contribution in [-0.4, -0.2) is 11.9 Å². The molecular weight excluding hydrogens is 426 g/mol. The summed E-state index contributed by atoms with van der Waals surface area (Å²) in [5.74, 6) is 0. The molecule has 4 aromatic rings. The number of hydrogen-bond acceptors (Lipinski definition) is 3. The Kier molecular flexibility index (Phi) is 6.05. The molecule has 0 N–H and O–H groups in total. The summed E-state index contributed by atoms with van der Waals surface area (Å²) in [6.45, 7) is 2.08. The fourth-order valence-corrected chi connectivity index (χ4v) is 4.12. The van der Waals surface area contributed by atoms with E-state index in [1.165, 1.54) is 11.1 Å². The van der Waals surface area contributed by atoms with E-state index >= 15 is 0 Å². The third-order valence-electron chi connectivity index (χ3n) is 5.83. The molecule has 3 nitrogen and oxygen atoms in total. The van der Waals surface area contributed by atoms with Crippen molar-refractivity contribution in [2.45, 2.75) is 19.4 Å². The molecule has 0 aromatic heterocycles. The molecule has 0 saturated carbocycles. The third-order valence-corrected chi connectivity index (χ3v) is 6.08. The molecular formula is C29H24ClN3. The van der Waals surface area contributed by atoms with E-state index in [0.717, 1.165) is 39.7 Å². The van der Waals surface area contributed by atoms with Crippen LogP contribution in [0.1, 0.15) is 34.7 Å². The molecule has 1 aliphatic heterocycles. The second kappa shape index (κ2) is 9.43. The number of rotatable bonds is 5. The van der Waals surface area contributed by atoms with Gasteiger partial charge in [0.1, 0.15) is 0 Å². The van der Waals surface area contributed by atoms with Crippen LogP contribution in [0, 0.1) is 6.92 Å². The number of hydrazone groups is 1. The summed E-state index contributed by atoms with van der Waals surface area (Å²) in [4.78, 5) is 4.59. The van der Waals surface area contributed by atoms with Gasteiger partial charge in [-0.25, -0.2) is 0 Å². The zero-order chi connectivity index (χ0) is 22.6. The summed E-state index contributed by atoms with van der Waals surface area (Å²) in [6, 6.07) is 35.2. The lowest BCUT2D eigenvalue weighted by Crippen LogP contribution is -2.18. The van der Waals surface area contributed by atoms with Gasteiger partial charge in [0.2, 0.25) is 0 Å². The number of nitrogens with zero attached hydrogens (tertiary/aromatic N) is 3. The van der Waals surface area contributed by atoms with E-state index in [-0.39, 0.29) is 6.04 Å². The van der Waals surface area contributed by atoms with Crippen molar-refractivity contribution in [2.75, 3.05) is 5.01 Å². The predicted octanol–water partition coefficient (Wildman–Crippen LogP) is 7.75. The molecule has 0 amide bonds. The second-order valence-electron chi connectivity index (χ2n) is 8.21. The van der Waals surface area contributed by atoms with Crippen LogP contribution in [0.25, 0.3) is 0 Å². The fraction of sp³-hybridized carbons (Fsp3) is 0.103. The molecule has 0 radical (unpaired) electrons. The van der Waals surface area contributed by atoms with Gasteiger partial charge in [0.05, 0.1) is 23.1 Å². The summed E-state index contributed by atoms with van der Waals surface area (Å²) in [5, 5.41) is 7.88. The molecule has 0 saturated heterocycles. The summed E-state index contributed by atoms with van der Waals surface area (Å²) >= 11 is 6.09. The molecule has 162 valence electrons. The van der Waals surface area contributed by atoms with Gasteiger partial charge in [-0.05, 0) is 60.0 Å². The number of benzene rings is 4. The summed E-state index contributed by atoms with van der Waals surface area (Å²) in [6.07, 6.45) is 2.73. The minimum Gasteiger partial charge on any atom is -0.257 e. The van der Waals surface area contributed by atoms with E-state index in [4.69, 9.17) is 16.7 Å². The Morgan fingerprint density at radius 2 is 1.55 bits per heavy atom. The smallest absolute Gasteiger partial charge is 0.0831 e.